The molecule has 4 rings (SSSR count). The second-order valence-corrected chi connectivity index (χ2v) is 8.13. The number of methoxy groups -OCH3 is 2. The lowest BCUT2D eigenvalue weighted by molar-refractivity contribution is -0.133. The third kappa shape index (κ3) is 5.17. The predicted molar refractivity (Wildman–Crippen MR) is 131 cm³/mol. The van der Waals surface area contributed by atoms with Crippen molar-refractivity contribution in [3.05, 3.63) is 77.6 Å². The Labute approximate surface area is 208 Å². The number of ether oxygens (including phenoxy) is 2. The maximum atomic E-state index is 14.3. The van der Waals surface area contributed by atoms with Gasteiger partial charge in [0.25, 0.3) is 5.91 Å². The van der Waals surface area contributed by atoms with Crippen molar-refractivity contribution in [3.8, 4) is 11.5 Å². The maximum Gasteiger partial charge on any atom is 0.293 e. The normalized spacial score (nSPS) is 15.3. The molecule has 9 nitrogen and oxygen atoms in total. The summed E-state index contributed by atoms with van der Waals surface area (Å²) in [6.45, 7) is 2.21. The van der Waals surface area contributed by atoms with Gasteiger partial charge in [0.2, 0.25) is 11.7 Å². The number of hydrogen-bond acceptors (Lipinski definition) is 7. The zero-order valence-corrected chi connectivity index (χ0v) is 20.2. The van der Waals surface area contributed by atoms with Crippen LogP contribution < -0.4 is 14.8 Å². The van der Waals surface area contributed by atoms with Gasteiger partial charge in [0, 0.05) is 36.0 Å². The molecule has 10 heteroatoms. The summed E-state index contributed by atoms with van der Waals surface area (Å²) >= 11 is 0. The zero-order valence-electron chi connectivity index (χ0n) is 20.2. The van der Waals surface area contributed by atoms with E-state index in [0.29, 0.717) is 23.4 Å². The summed E-state index contributed by atoms with van der Waals surface area (Å²) in [6, 6.07) is 11.6. The number of rotatable bonds is 8. The maximum absolute atomic E-state index is 14.3. The molecule has 36 heavy (non-hydrogen) atoms. The number of amides is 2. The van der Waals surface area contributed by atoms with Crippen molar-refractivity contribution in [2.24, 2.45) is 11.0 Å². The van der Waals surface area contributed by atoms with Gasteiger partial charge in [-0.25, -0.2) is 19.4 Å². The van der Waals surface area contributed by atoms with Gasteiger partial charge in [-0.15, -0.1) is 0 Å². The average Bonchev–Trinajstić information content (AvgIpc) is 2.91. The van der Waals surface area contributed by atoms with E-state index in [9.17, 15) is 14.0 Å². The summed E-state index contributed by atoms with van der Waals surface area (Å²) in [5.41, 5.74) is 2.61. The van der Waals surface area contributed by atoms with Crippen molar-refractivity contribution < 1.29 is 23.5 Å². The van der Waals surface area contributed by atoms with E-state index >= 15 is 0 Å². The molecule has 2 amide bonds. The van der Waals surface area contributed by atoms with E-state index in [0.717, 1.165) is 5.56 Å². The number of anilines is 1. The average molecular weight is 492 g/mol. The van der Waals surface area contributed by atoms with Crippen LogP contribution >= 0.6 is 0 Å². The Kier molecular flexibility index (Phi) is 7.53. The van der Waals surface area contributed by atoms with Gasteiger partial charge >= 0.3 is 0 Å². The van der Waals surface area contributed by atoms with Crippen LogP contribution in [0.1, 0.15) is 41.5 Å². The number of carbonyl (C=O) groups is 2. The van der Waals surface area contributed by atoms with Crippen LogP contribution in [0, 0.1) is 11.7 Å². The fourth-order valence-corrected chi connectivity index (χ4v) is 4.02. The molecule has 1 unspecified atom stereocenters. The SMILES string of the molecule is CCC1CC(=O)N(Cc2ccc(NC(=O)c3ncccn3)cc2)N=C1c1ccc(F)c(OC)c1OC. The number of nitrogens with zero attached hydrogens (tertiary/aromatic N) is 4. The molecular weight excluding hydrogens is 465 g/mol. The Morgan fingerprint density at radius 3 is 2.42 bits per heavy atom. The van der Waals surface area contributed by atoms with Crippen molar-refractivity contribution in [2.75, 3.05) is 19.5 Å². The van der Waals surface area contributed by atoms with E-state index in [1.165, 1.54) is 37.7 Å². The monoisotopic (exact) mass is 491 g/mol. The molecule has 1 aliphatic rings. The van der Waals surface area contributed by atoms with E-state index < -0.39 is 11.7 Å². The lowest BCUT2D eigenvalue weighted by Gasteiger charge is -2.30. The van der Waals surface area contributed by atoms with Crippen molar-refractivity contribution >= 4 is 23.2 Å². The molecule has 0 radical (unpaired) electrons. The minimum atomic E-state index is -0.540. The van der Waals surface area contributed by atoms with Gasteiger partial charge in [0.1, 0.15) is 0 Å². The molecule has 1 N–H and O–H groups in total. The highest BCUT2D eigenvalue weighted by molar-refractivity contribution is 6.08. The van der Waals surface area contributed by atoms with Gasteiger partial charge in [-0.2, -0.15) is 5.10 Å². The molecule has 1 aromatic heterocycles. The van der Waals surface area contributed by atoms with Crippen LogP contribution in [0.3, 0.4) is 0 Å². The molecule has 2 aromatic carbocycles. The number of carbonyl (C=O) groups excluding carboxylic acids is 2. The first-order valence-electron chi connectivity index (χ1n) is 11.4. The molecular formula is C26H26FN5O4. The number of hydrazone groups is 1. The van der Waals surface area contributed by atoms with Crippen LogP contribution in [-0.2, 0) is 11.3 Å². The van der Waals surface area contributed by atoms with Gasteiger partial charge in [-0.1, -0.05) is 19.1 Å². The topological polar surface area (TPSA) is 106 Å². The fourth-order valence-electron chi connectivity index (χ4n) is 4.02. The summed E-state index contributed by atoms with van der Waals surface area (Å²) in [6.07, 6.45) is 3.94. The second-order valence-electron chi connectivity index (χ2n) is 8.13. The number of hydrogen-bond donors (Lipinski definition) is 1. The third-order valence-electron chi connectivity index (χ3n) is 5.88. The minimum absolute atomic E-state index is 0.00505. The van der Waals surface area contributed by atoms with Gasteiger partial charge in [-0.05, 0) is 42.3 Å². The number of benzene rings is 2. The zero-order chi connectivity index (χ0) is 25.7. The standard InChI is InChI=1S/C26H26FN5O4/c1-4-17-14-21(33)32(31-22(17)19-10-11-20(27)24(36-3)23(19)35-2)15-16-6-8-18(9-7-16)30-26(34)25-28-12-5-13-29-25/h5-13,17H,4,14-15H2,1-3H3,(H,30,34). The molecule has 186 valence electrons. The van der Waals surface area contributed by atoms with Crippen LogP contribution in [0.25, 0.3) is 0 Å². The Hall–Kier alpha value is -4.34. The summed E-state index contributed by atoms with van der Waals surface area (Å²) in [4.78, 5) is 33.0. The number of aromatic nitrogens is 2. The van der Waals surface area contributed by atoms with Gasteiger partial charge in [-0.3, -0.25) is 9.59 Å². The van der Waals surface area contributed by atoms with Crippen LogP contribution in [0.2, 0.25) is 0 Å². The lowest BCUT2D eigenvalue weighted by Crippen LogP contribution is -2.37. The van der Waals surface area contributed by atoms with Crippen molar-refractivity contribution in [1.29, 1.82) is 0 Å². The largest absolute Gasteiger partial charge is 0.492 e. The summed E-state index contributed by atoms with van der Waals surface area (Å²) in [7, 11) is 2.82. The lowest BCUT2D eigenvalue weighted by atomic mass is 9.89. The van der Waals surface area contributed by atoms with E-state index in [1.807, 2.05) is 6.92 Å². The molecule has 0 bridgehead atoms. The molecule has 0 fully saturated rings. The summed E-state index contributed by atoms with van der Waals surface area (Å²) in [5, 5.41) is 8.81. The first kappa shape index (κ1) is 24.8. The van der Waals surface area contributed by atoms with E-state index in [-0.39, 0.29) is 42.1 Å². The van der Waals surface area contributed by atoms with Gasteiger partial charge < -0.3 is 14.8 Å². The highest BCUT2D eigenvalue weighted by Crippen LogP contribution is 2.37. The van der Waals surface area contributed by atoms with Crippen LogP contribution in [0.4, 0.5) is 10.1 Å². The minimum Gasteiger partial charge on any atom is -0.492 e. The second kappa shape index (κ2) is 10.9. The van der Waals surface area contributed by atoms with Crippen molar-refractivity contribution in [2.45, 2.75) is 26.3 Å². The predicted octanol–water partition coefficient (Wildman–Crippen LogP) is 4.05. The van der Waals surface area contributed by atoms with Crippen molar-refractivity contribution in [3.63, 3.8) is 0 Å². The van der Waals surface area contributed by atoms with E-state index in [1.54, 1.807) is 36.4 Å². The third-order valence-corrected chi connectivity index (χ3v) is 5.88. The van der Waals surface area contributed by atoms with Gasteiger partial charge in [0.15, 0.2) is 17.3 Å². The van der Waals surface area contributed by atoms with E-state index in [4.69, 9.17) is 9.47 Å². The van der Waals surface area contributed by atoms with Crippen LogP contribution in [-0.4, -0.2) is 46.7 Å². The molecule has 0 saturated heterocycles. The van der Waals surface area contributed by atoms with Crippen molar-refractivity contribution in [1.82, 2.24) is 15.0 Å². The molecule has 0 aliphatic carbocycles. The highest BCUT2D eigenvalue weighted by atomic mass is 19.1. The van der Waals surface area contributed by atoms with Gasteiger partial charge in [0.05, 0.1) is 26.5 Å². The smallest absolute Gasteiger partial charge is 0.293 e. The first-order chi connectivity index (χ1) is 17.4. The number of halogens is 1. The molecule has 1 atom stereocenters. The molecule has 0 spiro atoms. The Morgan fingerprint density at radius 1 is 1.08 bits per heavy atom. The molecule has 0 saturated carbocycles. The first-order valence-corrected chi connectivity index (χ1v) is 11.4. The number of nitrogens with one attached hydrogen (secondary N) is 1. The Balaban J connectivity index is 1.57. The molecule has 1 aliphatic heterocycles. The Bertz CT molecular complexity index is 1280. The summed E-state index contributed by atoms with van der Waals surface area (Å²) in [5.74, 6) is -0.908. The van der Waals surface area contributed by atoms with E-state index in [2.05, 4.69) is 20.4 Å². The Morgan fingerprint density at radius 2 is 1.78 bits per heavy atom. The molecule has 2 heterocycles. The van der Waals surface area contributed by atoms with Crippen LogP contribution in [0.5, 0.6) is 11.5 Å². The van der Waals surface area contributed by atoms with Crippen LogP contribution in [0.15, 0.2) is 60.0 Å². The quantitative estimate of drug-likeness (QED) is 0.510. The highest BCUT2D eigenvalue weighted by Gasteiger charge is 2.32. The molecule has 3 aromatic rings. The fraction of sp³-hybridized carbons (Fsp3) is 0.269. The summed E-state index contributed by atoms with van der Waals surface area (Å²) < 4.78 is 24.9.